The summed E-state index contributed by atoms with van der Waals surface area (Å²) in [6, 6.07) is 16.4. The molecular formula is C33H45Cl2N3O3. The van der Waals surface area contributed by atoms with Gasteiger partial charge in [-0.25, -0.2) is 4.79 Å². The van der Waals surface area contributed by atoms with Crippen LogP contribution in [0.4, 0.5) is 4.79 Å². The largest absolute Gasteiger partial charge is 0.444 e. The number of likely N-dealkylation sites (tertiary alicyclic amines) is 2. The molecule has 0 aliphatic carbocycles. The summed E-state index contributed by atoms with van der Waals surface area (Å²) in [5, 5.41) is 1.08. The Morgan fingerprint density at radius 1 is 0.951 bits per heavy atom. The number of ether oxygens (including phenoxy) is 1. The number of carbonyl (C=O) groups excluding carboxylic acids is 2. The van der Waals surface area contributed by atoms with E-state index in [0.29, 0.717) is 23.1 Å². The van der Waals surface area contributed by atoms with E-state index in [1.807, 2.05) is 55.8 Å². The van der Waals surface area contributed by atoms with Gasteiger partial charge in [0.25, 0.3) is 0 Å². The molecule has 2 amide bonds. The predicted octanol–water partition coefficient (Wildman–Crippen LogP) is 7.51. The first-order valence-corrected chi connectivity index (χ1v) is 15.6. The second-order valence-corrected chi connectivity index (χ2v) is 13.6. The van der Waals surface area contributed by atoms with Gasteiger partial charge in [0.05, 0.1) is 15.6 Å². The number of carbonyl (C=O) groups is 2. The van der Waals surface area contributed by atoms with Crippen LogP contribution in [0.25, 0.3) is 0 Å². The summed E-state index contributed by atoms with van der Waals surface area (Å²) < 4.78 is 5.74. The van der Waals surface area contributed by atoms with E-state index in [2.05, 4.69) is 35.2 Å². The molecule has 0 N–H and O–H groups in total. The maximum Gasteiger partial charge on any atom is 0.410 e. The molecule has 41 heavy (non-hydrogen) atoms. The number of amides is 2. The predicted molar refractivity (Wildman–Crippen MR) is 167 cm³/mol. The highest BCUT2D eigenvalue weighted by atomic mass is 35.5. The average Bonchev–Trinajstić information content (AvgIpc) is 2.94. The number of halogens is 2. The van der Waals surface area contributed by atoms with Crippen LogP contribution < -0.4 is 0 Å². The van der Waals surface area contributed by atoms with Crippen molar-refractivity contribution >= 4 is 35.2 Å². The Hall–Kier alpha value is -2.28. The van der Waals surface area contributed by atoms with Gasteiger partial charge < -0.3 is 19.4 Å². The third kappa shape index (κ3) is 7.39. The van der Waals surface area contributed by atoms with Gasteiger partial charge >= 0.3 is 6.09 Å². The fourth-order valence-electron chi connectivity index (χ4n) is 6.68. The van der Waals surface area contributed by atoms with Crippen molar-refractivity contribution in [3.8, 4) is 0 Å². The summed E-state index contributed by atoms with van der Waals surface area (Å²) in [7, 11) is 1.94. The Morgan fingerprint density at radius 3 is 2.24 bits per heavy atom. The summed E-state index contributed by atoms with van der Waals surface area (Å²) >= 11 is 12.8. The van der Waals surface area contributed by atoms with E-state index in [0.717, 1.165) is 63.7 Å². The lowest BCUT2D eigenvalue weighted by molar-refractivity contribution is -0.136. The Morgan fingerprint density at radius 2 is 1.63 bits per heavy atom. The molecule has 1 unspecified atom stereocenters. The van der Waals surface area contributed by atoms with E-state index in [1.54, 1.807) is 6.92 Å². The fraction of sp³-hybridized carbons (Fsp3) is 0.576. The molecule has 0 aromatic heterocycles. The highest BCUT2D eigenvalue weighted by Gasteiger charge is 2.42. The molecular weight excluding hydrogens is 557 g/mol. The first kappa shape index (κ1) is 31.7. The van der Waals surface area contributed by atoms with Gasteiger partial charge in [0.2, 0.25) is 5.91 Å². The second kappa shape index (κ2) is 12.9. The lowest BCUT2D eigenvalue weighted by atomic mass is 9.71. The van der Waals surface area contributed by atoms with Crippen molar-refractivity contribution in [3.05, 3.63) is 69.7 Å². The fourth-order valence-corrected chi connectivity index (χ4v) is 6.98. The van der Waals surface area contributed by atoms with Crippen LogP contribution in [0.1, 0.15) is 77.3 Å². The zero-order valence-electron chi connectivity index (χ0n) is 25.2. The Labute approximate surface area is 255 Å². The Bertz CT molecular complexity index is 1210. The third-order valence-corrected chi connectivity index (χ3v) is 9.74. The molecule has 2 aliphatic rings. The van der Waals surface area contributed by atoms with Crippen molar-refractivity contribution in [3.63, 3.8) is 0 Å². The smallest absolute Gasteiger partial charge is 0.410 e. The third-order valence-electron chi connectivity index (χ3n) is 9.00. The van der Waals surface area contributed by atoms with Gasteiger partial charge in [-0.2, -0.15) is 0 Å². The highest BCUT2D eigenvalue weighted by molar-refractivity contribution is 6.42. The van der Waals surface area contributed by atoms with Crippen LogP contribution in [0.3, 0.4) is 0 Å². The van der Waals surface area contributed by atoms with Crippen LogP contribution >= 0.6 is 23.2 Å². The SMILES string of the molecule is CC(=O)N(C)C1(c2ccccc2)CCN(CCCC2(c3ccc(Cl)c(Cl)c3)CCCN(C(=O)OC(C)(C)C)C2)CC1. The summed E-state index contributed by atoms with van der Waals surface area (Å²) in [5.74, 6) is 0.0951. The minimum Gasteiger partial charge on any atom is -0.444 e. The summed E-state index contributed by atoms with van der Waals surface area (Å²) in [6.07, 6.45) is 5.34. The number of hydrogen-bond acceptors (Lipinski definition) is 4. The molecule has 0 saturated carbocycles. The molecule has 0 radical (unpaired) electrons. The maximum atomic E-state index is 13.1. The molecule has 224 valence electrons. The number of hydrogen-bond donors (Lipinski definition) is 0. The van der Waals surface area contributed by atoms with E-state index in [9.17, 15) is 9.59 Å². The highest BCUT2D eigenvalue weighted by Crippen LogP contribution is 2.42. The number of nitrogens with zero attached hydrogens (tertiary/aromatic N) is 3. The van der Waals surface area contributed by atoms with Crippen LogP contribution in [0, 0.1) is 0 Å². The molecule has 6 nitrogen and oxygen atoms in total. The van der Waals surface area contributed by atoms with Crippen molar-refractivity contribution in [1.82, 2.24) is 14.7 Å². The molecule has 2 aliphatic heterocycles. The normalized spacial score (nSPS) is 21.4. The number of piperidine rings is 2. The maximum absolute atomic E-state index is 13.1. The lowest BCUT2D eigenvalue weighted by Gasteiger charge is -2.48. The van der Waals surface area contributed by atoms with Gasteiger partial charge in [0.15, 0.2) is 0 Å². The summed E-state index contributed by atoms with van der Waals surface area (Å²) in [6.45, 7) is 11.5. The second-order valence-electron chi connectivity index (χ2n) is 12.8. The molecule has 2 aromatic carbocycles. The molecule has 2 heterocycles. The lowest BCUT2D eigenvalue weighted by Crippen LogP contribution is -2.53. The molecule has 2 saturated heterocycles. The molecule has 4 rings (SSSR count). The monoisotopic (exact) mass is 601 g/mol. The van der Waals surface area contributed by atoms with Gasteiger partial charge in [0, 0.05) is 45.6 Å². The van der Waals surface area contributed by atoms with Crippen LogP contribution in [0.5, 0.6) is 0 Å². The molecule has 8 heteroatoms. The first-order valence-electron chi connectivity index (χ1n) is 14.8. The summed E-state index contributed by atoms with van der Waals surface area (Å²) in [5.41, 5.74) is 1.30. The van der Waals surface area contributed by atoms with E-state index in [-0.39, 0.29) is 23.0 Å². The van der Waals surface area contributed by atoms with Crippen LogP contribution in [-0.4, -0.2) is 72.1 Å². The first-order chi connectivity index (χ1) is 19.4. The molecule has 2 fully saturated rings. The van der Waals surface area contributed by atoms with E-state index in [1.165, 1.54) is 5.56 Å². The zero-order valence-corrected chi connectivity index (χ0v) is 26.7. The van der Waals surface area contributed by atoms with Crippen molar-refractivity contribution < 1.29 is 14.3 Å². The van der Waals surface area contributed by atoms with Gasteiger partial charge in [-0.15, -0.1) is 0 Å². The topological polar surface area (TPSA) is 53.1 Å². The van der Waals surface area contributed by atoms with Crippen LogP contribution in [0.2, 0.25) is 10.0 Å². The van der Waals surface area contributed by atoms with Crippen LogP contribution in [0.15, 0.2) is 48.5 Å². The van der Waals surface area contributed by atoms with E-state index >= 15 is 0 Å². The van der Waals surface area contributed by atoms with Gasteiger partial charge in [-0.05, 0) is 89.1 Å². The van der Waals surface area contributed by atoms with Crippen molar-refractivity contribution in [2.24, 2.45) is 0 Å². The van der Waals surface area contributed by atoms with E-state index in [4.69, 9.17) is 27.9 Å². The summed E-state index contributed by atoms with van der Waals surface area (Å²) in [4.78, 5) is 31.9. The Balaban J connectivity index is 1.47. The quantitative estimate of drug-likeness (QED) is 0.329. The standard InChI is InChI=1S/C33H45Cl2N3O3/c1-25(39)36(5)33(26-11-7-6-8-12-26)17-21-37(22-18-33)19-9-15-32(27-13-14-28(34)29(35)23-27)16-10-20-38(24-32)30(40)41-31(2,3)4/h6-8,11-14,23H,9-10,15-22,24H2,1-5H3. The van der Waals surface area contributed by atoms with Gasteiger partial charge in [-0.3, -0.25) is 4.79 Å². The van der Waals surface area contributed by atoms with Crippen LogP contribution in [-0.2, 0) is 20.5 Å². The van der Waals surface area contributed by atoms with Gasteiger partial charge in [0.1, 0.15) is 5.60 Å². The van der Waals surface area contributed by atoms with Crippen molar-refractivity contribution in [1.29, 1.82) is 0 Å². The molecule has 1 atom stereocenters. The molecule has 0 spiro atoms. The van der Waals surface area contributed by atoms with Gasteiger partial charge in [-0.1, -0.05) is 59.6 Å². The van der Waals surface area contributed by atoms with Crippen molar-refractivity contribution in [2.75, 3.05) is 39.8 Å². The van der Waals surface area contributed by atoms with Crippen molar-refractivity contribution in [2.45, 2.75) is 82.8 Å². The minimum absolute atomic E-state index is 0.0951. The zero-order chi connectivity index (χ0) is 29.8. The Kier molecular flexibility index (Phi) is 9.98. The number of rotatable bonds is 7. The number of benzene rings is 2. The minimum atomic E-state index is -0.541. The molecule has 0 bridgehead atoms. The van der Waals surface area contributed by atoms with E-state index < -0.39 is 5.60 Å². The average molecular weight is 603 g/mol. The molecule has 2 aromatic rings.